The molecule has 0 bridgehead atoms. The van der Waals surface area contributed by atoms with E-state index in [1.807, 2.05) is 6.92 Å². The number of carbonyl (C=O) groups is 2. The van der Waals surface area contributed by atoms with Crippen LogP contribution in [0.25, 0.3) is 0 Å². The smallest absolute Gasteiger partial charge is 0.303 e. The summed E-state index contributed by atoms with van der Waals surface area (Å²) in [5.41, 5.74) is 1.31. The van der Waals surface area contributed by atoms with Gasteiger partial charge in [0.25, 0.3) is 5.91 Å². The Kier molecular flexibility index (Phi) is 5.80. The highest BCUT2D eigenvalue weighted by Crippen LogP contribution is 2.27. The second-order valence-electron chi connectivity index (χ2n) is 5.00. The Bertz CT molecular complexity index is 664. The summed E-state index contributed by atoms with van der Waals surface area (Å²) in [7, 11) is 0. The summed E-state index contributed by atoms with van der Waals surface area (Å²) in [6, 6.07) is 8.47. The number of furan rings is 1. The van der Waals surface area contributed by atoms with Gasteiger partial charge >= 0.3 is 5.97 Å². The number of hydrogen-bond donors (Lipinski definition) is 2. The van der Waals surface area contributed by atoms with E-state index in [9.17, 15) is 9.59 Å². The molecule has 0 radical (unpaired) electrons. The molecule has 0 atom stereocenters. The van der Waals surface area contributed by atoms with Gasteiger partial charge in [0.15, 0.2) is 5.76 Å². The number of rotatable bonds is 8. The van der Waals surface area contributed by atoms with E-state index >= 15 is 0 Å². The Labute approximate surface area is 134 Å². The molecular weight excluding hydrogens is 298 g/mol. The maximum absolute atomic E-state index is 12.1. The first kappa shape index (κ1) is 16.6. The van der Waals surface area contributed by atoms with Crippen LogP contribution in [0.15, 0.2) is 41.0 Å². The van der Waals surface area contributed by atoms with Gasteiger partial charge in [-0.05, 0) is 42.7 Å². The van der Waals surface area contributed by atoms with Crippen molar-refractivity contribution in [3.8, 4) is 5.75 Å². The number of benzene rings is 1. The third-order valence-corrected chi connectivity index (χ3v) is 3.13. The highest BCUT2D eigenvalue weighted by molar-refractivity contribution is 6.03. The van der Waals surface area contributed by atoms with Crippen molar-refractivity contribution in [2.75, 3.05) is 11.9 Å². The molecule has 2 N–H and O–H groups in total. The molecule has 6 nitrogen and oxygen atoms in total. The van der Waals surface area contributed by atoms with Gasteiger partial charge in [-0.25, -0.2) is 0 Å². The number of hydrogen-bond acceptors (Lipinski definition) is 4. The number of carboxylic acids is 1. The van der Waals surface area contributed by atoms with Gasteiger partial charge in [0.1, 0.15) is 5.75 Å². The molecule has 0 saturated heterocycles. The van der Waals surface area contributed by atoms with Crippen LogP contribution in [-0.2, 0) is 11.2 Å². The lowest BCUT2D eigenvalue weighted by molar-refractivity contribution is -0.136. The molecule has 0 aliphatic heterocycles. The molecule has 2 rings (SSSR count). The van der Waals surface area contributed by atoms with Gasteiger partial charge in [0.2, 0.25) is 0 Å². The largest absolute Gasteiger partial charge is 0.491 e. The molecule has 0 aliphatic carbocycles. The highest BCUT2D eigenvalue weighted by atomic mass is 16.5. The molecule has 1 aromatic carbocycles. The molecule has 122 valence electrons. The molecule has 0 unspecified atom stereocenters. The lowest BCUT2D eigenvalue weighted by atomic mass is 10.1. The Morgan fingerprint density at radius 2 is 2.13 bits per heavy atom. The summed E-state index contributed by atoms with van der Waals surface area (Å²) in [5.74, 6) is -0.502. The van der Waals surface area contributed by atoms with E-state index in [0.717, 1.165) is 12.0 Å². The first-order valence-electron chi connectivity index (χ1n) is 7.42. The molecule has 6 heteroatoms. The number of carboxylic acid groups (broad SMARTS) is 1. The fourth-order valence-corrected chi connectivity index (χ4v) is 2.01. The zero-order valence-corrected chi connectivity index (χ0v) is 12.9. The van der Waals surface area contributed by atoms with E-state index in [1.165, 1.54) is 6.26 Å². The van der Waals surface area contributed by atoms with Crippen molar-refractivity contribution in [3.05, 3.63) is 47.9 Å². The molecular formula is C17H19NO5. The van der Waals surface area contributed by atoms with Crippen LogP contribution in [0.3, 0.4) is 0 Å². The topological polar surface area (TPSA) is 88.8 Å². The third kappa shape index (κ3) is 4.88. The van der Waals surface area contributed by atoms with Crippen LogP contribution in [0, 0.1) is 0 Å². The summed E-state index contributed by atoms with van der Waals surface area (Å²) >= 11 is 0. The number of amides is 1. The van der Waals surface area contributed by atoms with E-state index in [4.69, 9.17) is 14.3 Å². The summed E-state index contributed by atoms with van der Waals surface area (Å²) in [6.45, 7) is 2.51. The molecule has 1 heterocycles. The van der Waals surface area contributed by atoms with Gasteiger partial charge in [0.05, 0.1) is 18.6 Å². The van der Waals surface area contributed by atoms with Crippen LogP contribution in [-0.4, -0.2) is 23.6 Å². The summed E-state index contributed by atoms with van der Waals surface area (Å²) in [6.07, 6.45) is 2.67. The number of carbonyl (C=O) groups excluding carboxylic acids is 1. The molecule has 2 aromatic rings. The monoisotopic (exact) mass is 317 g/mol. The second kappa shape index (κ2) is 8.03. The number of aliphatic carboxylic acids is 1. The van der Waals surface area contributed by atoms with E-state index in [1.54, 1.807) is 30.3 Å². The van der Waals surface area contributed by atoms with Crippen LogP contribution in [0.4, 0.5) is 5.69 Å². The molecule has 0 fully saturated rings. The van der Waals surface area contributed by atoms with E-state index in [0.29, 0.717) is 24.5 Å². The number of anilines is 1. The minimum atomic E-state index is -0.863. The highest BCUT2D eigenvalue weighted by Gasteiger charge is 2.13. The zero-order chi connectivity index (χ0) is 16.7. The van der Waals surface area contributed by atoms with Gasteiger partial charge < -0.3 is 19.6 Å². The lowest BCUT2D eigenvalue weighted by Gasteiger charge is -2.13. The average molecular weight is 317 g/mol. The molecule has 0 saturated carbocycles. The van der Waals surface area contributed by atoms with Gasteiger partial charge in [-0.1, -0.05) is 13.0 Å². The average Bonchev–Trinajstić information content (AvgIpc) is 3.06. The minimum Gasteiger partial charge on any atom is -0.491 e. The van der Waals surface area contributed by atoms with Crippen molar-refractivity contribution >= 4 is 17.6 Å². The second-order valence-corrected chi connectivity index (χ2v) is 5.00. The van der Waals surface area contributed by atoms with Crippen molar-refractivity contribution in [3.63, 3.8) is 0 Å². The normalized spacial score (nSPS) is 10.3. The fraction of sp³-hybridized carbons (Fsp3) is 0.294. The number of ether oxygens (including phenoxy) is 1. The predicted molar refractivity (Wildman–Crippen MR) is 84.8 cm³/mol. The summed E-state index contributed by atoms with van der Waals surface area (Å²) in [4.78, 5) is 22.8. The van der Waals surface area contributed by atoms with Gasteiger partial charge in [-0.3, -0.25) is 9.59 Å². The van der Waals surface area contributed by atoms with Crippen molar-refractivity contribution in [1.82, 2.24) is 0 Å². The Morgan fingerprint density at radius 3 is 2.78 bits per heavy atom. The Balaban J connectivity index is 2.18. The molecule has 1 aromatic heterocycles. The van der Waals surface area contributed by atoms with Gasteiger partial charge in [0, 0.05) is 6.42 Å². The number of nitrogens with one attached hydrogen (secondary N) is 1. The fourth-order valence-electron chi connectivity index (χ4n) is 2.01. The summed E-state index contributed by atoms with van der Waals surface area (Å²) in [5, 5.41) is 11.5. The molecule has 0 aliphatic rings. The van der Waals surface area contributed by atoms with Gasteiger partial charge in [-0.15, -0.1) is 0 Å². The van der Waals surface area contributed by atoms with Crippen molar-refractivity contribution < 1.29 is 23.8 Å². The van der Waals surface area contributed by atoms with Crippen molar-refractivity contribution in [1.29, 1.82) is 0 Å². The molecule has 1 amide bonds. The van der Waals surface area contributed by atoms with E-state index in [2.05, 4.69) is 5.32 Å². The predicted octanol–water partition coefficient (Wildman–Crippen LogP) is 3.34. The van der Waals surface area contributed by atoms with Crippen LogP contribution in [0.5, 0.6) is 5.75 Å². The Hall–Kier alpha value is -2.76. The van der Waals surface area contributed by atoms with E-state index in [-0.39, 0.29) is 18.1 Å². The van der Waals surface area contributed by atoms with Crippen LogP contribution in [0.2, 0.25) is 0 Å². The Morgan fingerprint density at radius 1 is 1.30 bits per heavy atom. The standard InChI is InChI=1S/C17H19NO5/c1-2-9-22-14-7-5-12(6-8-16(19)20)11-13(14)18-17(21)15-4-3-10-23-15/h3-5,7,10-11H,2,6,8-9H2,1H3,(H,18,21)(H,19,20). The van der Waals surface area contributed by atoms with Crippen LogP contribution < -0.4 is 10.1 Å². The van der Waals surface area contributed by atoms with Crippen LogP contribution in [0.1, 0.15) is 35.9 Å². The SMILES string of the molecule is CCCOc1ccc(CCC(=O)O)cc1NC(=O)c1ccco1. The minimum absolute atomic E-state index is 0.0285. The van der Waals surface area contributed by atoms with Crippen molar-refractivity contribution in [2.24, 2.45) is 0 Å². The van der Waals surface area contributed by atoms with Crippen molar-refractivity contribution in [2.45, 2.75) is 26.2 Å². The number of aryl methyl sites for hydroxylation is 1. The quantitative estimate of drug-likeness (QED) is 0.779. The first-order valence-corrected chi connectivity index (χ1v) is 7.42. The van der Waals surface area contributed by atoms with Gasteiger partial charge in [-0.2, -0.15) is 0 Å². The molecule has 0 spiro atoms. The molecule has 23 heavy (non-hydrogen) atoms. The lowest BCUT2D eigenvalue weighted by Crippen LogP contribution is -2.12. The zero-order valence-electron chi connectivity index (χ0n) is 12.9. The van der Waals surface area contributed by atoms with Crippen LogP contribution >= 0.6 is 0 Å². The summed E-state index contributed by atoms with van der Waals surface area (Å²) < 4.78 is 10.7. The third-order valence-electron chi connectivity index (χ3n) is 3.13. The first-order chi connectivity index (χ1) is 11.1. The maximum Gasteiger partial charge on any atom is 0.303 e. The maximum atomic E-state index is 12.1. The van der Waals surface area contributed by atoms with E-state index < -0.39 is 5.97 Å².